The second-order valence-electron chi connectivity index (χ2n) is 12.6. The minimum atomic E-state index is -0.469. The molecule has 2 atom stereocenters. The molecule has 0 spiro atoms. The van der Waals surface area contributed by atoms with Crippen LogP contribution in [0.25, 0.3) is 0 Å². The highest BCUT2D eigenvalue weighted by atomic mass is 32.2. The third kappa shape index (κ3) is 7.03. The summed E-state index contributed by atoms with van der Waals surface area (Å²) >= 11 is 1.18. The third-order valence-electron chi connectivity index (χ3n) is 9.41. The van der Waals surface area contributed by atoms with Crippen LogP contribution in [-0.4, -0.2) is 58.1 Å². The molecule has 0 saturated carbocycles. The first-order valence-electron chi connectivity index (χ1n) is 15.1. The number of aromatic hydroxyl groups is 2. The molecular weight excluding hydrogens is 568 g/mol. The number of phenolic OH excluding ortho intramolecular Hbond substituents is 2. The molecule has 2 aliphatic rings. The molecule has 0 saturated heterocycles. The van der Waals surface area contributed by atoms with Gasteiger partial charge < -0.3 is 29.2 Å². The summed E-state index contributed by atoms with van der Waals surface area (Å²) in [4.78, 5) is 24.6. The lowest BCUT2D eigenvalue weighted by molar-refractivity contribution is -0.142. The maximum absolute atomic E-state index is 12.3. The number of carbonyl (C=O) groups is 2. The lowest BCUT2D eigenvalue weighted by Gasteiger charge is -2.38. The Morgan fingerprint density at radius 2 is 1.05 bits per heavy atom. The molecular formula is C34H46O8S. The molecule has 9 heteroatoms. The Morgan fingerprint density at radius 3 is 1.42 bits per heavy atom. The lowest BCUT2D eigenvalue weighted by Crippen LogP contribution is -2.38. The number of hydrogen-bond acceptors (Lipinski definition) is 9. The summed E-state index contributed by atoms with van der Waals surface area (Å²) in [5.74, 6) is 1.70. The van der Waals surface area contributed by atoms with Crippen molar-refractivity contribution in [2.45, 2.75) is 105 Å². The zero-order valence-corrected chi connectivity index (χ0v) is 27.6. The van der Waals surface area contributed by atoms with Crippen LogP contribution in [0.3, 0.4) is 0 Å². The predicted octanol–water partition coefficient (Wildman–Crippen LogP) is 6.42. The molecule has 0 fully saturated rings. The second kappa shape index (κ2) is 12.9. The van der Waals surface area contributed by atoms with E-state index >= 15 is 0 Å². The summed E-state index contributed by atoms with van der Waals surface area (Å²) in [6, 6.07) is 0. The molecule has 43 heavy (non-hydrogen) atoms. The topological polar surface area (TPSA) is 112 Å². The predicted molar refractivity (Wildman–Crippen MR) is 168 cm³/mol. The standard InChI is InChI=1S/C34H46O8S/c1-19-21(3)31-25(23(5)29(19)37)9-11-33(7,41-31)13-15-39-27(35)17-43-18-28(36)40-16-14-34(8)12-10-26-24(6)30(38)20(2)22(4)32(26)42-34/h37-38H,9-18H2,1-8H3. The van der Waals surface area contributed by atoms with E-state index in [9.17, 15) is 19.8 Å². The molecule has 2 aromatic rings. The van der Waals surface area contributed by atoms with E-state index in [1.807, 2.05) is 55.4 Å². The molecule has 8 nitrogen and oxygen atoms in total. The number of benzene rings is 2. The fraction of sp³-hybridized carbons (Fsp3) is 0.588. The van der Waals surface area contributed by atoms with Crippen LogP contribution >= 0.6 is 11.8 Å². The van der Waals surface area contributed by atoms with E-state index in [2.05, 4.69) is 0 Å². The number of hydrogen-bond donors (Lipinski definition) is 2. The molecule has 4 rings (SSSR count). The highest BCUT2D eigenvalue weighted by molar-refractivity contribution is 8.00. The fourth-order valence-electron chi connectivity index (χ4n) is 6.00. The zero-order chi connectivity index (χ0) is 31.7. The van der Waals surface area contributed by atoms with Gasteiger partial charge in [0.15, 0.2) is 0 Å². The SMILES string of the molecule is Cc1c(C)c2c(c(C)c1O)CCC(C)(CCOC(=O)CSCC(=O)OCCC1(C)CCc3c(C)c(O)c(C)c(C)c3O1)O2. The van der Waals surface area contributed by atoms with Gasteiger partial charge in [-0.2, -0.15) is 0 Å². The summed E-state index contributed by atoms with van der Waals surface area (Å²) in [5.41, 5.74) is 6.42. The number of rotatable bonds is 10. The number of fused-ring (bicyclic) bond motifs is 2. The smallest absolute Gasteiger partial charge is 0.315 e. The van der Waals surface area contributed by atoms with Crippen molar-refractivity contribution in [2.75, 3.05) is 24.7 Å². The number of thioether (sulfide) groups is 1. The molecule has 0 amide bonds. The normalized spacial score (nSPS) is 20.8. The van der Waals surface area contributed by atoms with Crippen molar-refractivity contribution < 1.29 is 38.7 Å². The highest BCUT2D eigenvalue weighted by Crippen LogP contribution is 2.45. The van der Waals surface area contributed by atoms with Crippen LogP contribution < -0.4 is 9.47 Å². The van der Waals surface area contributed by atoms with Crippen LogP contribution in [-0.2, 0) is 31.9 Å². The third-order valence-corrected chi connectivity index (χ3v) is 10.3. The molecule has 2 aromatic carbocycles. The first-order valence-corrected chi connectivity index (χ1v) is 16.2. The Morgan fingerprint density at radius 1 is 0.674 bits per heavy atom. The van der Waals surface area contributed by atoms with E-state index in [-0.39, 0.29) is 36.7 Å². The summed E-state index contributed by atoms with van der Waals surface area (Å²) in [6.45, 7) is 16.0. The van der Waals surface area contributed by atoms with Crippen LogP contribution in [0.1, 0.15) is 84.0 Å². The van der Waals surface area contributed by atoms with E-state index in [4.69, 9.17) is 18.9 Å². The minimum absolute atomic E-state index is 0.0642. The molecule has 0 radical (unpaired) electrons. The average Bonchev–Trinajstić information content (AvgIpc) is 2.96. The van der Waals surface area contributed by atoms with Gasteiger partial charge in [0.25, 0.3) is 0 Å². The Bertz CT molecular complexity index is 1310. The number of carbonyl (C=O) groups excluding carboxylic acids is 2. The zero-order valence-electron chi connectivity index (χ0n) is 26.8. The number of esters is 2. The van der Waals surface area contributed by atoms with Crippen molar-refractivity contribution in [3.05, 3.63) is 44.5 Å². The van der Waals surface area contributed by atoms with Gasteiger partial charge in [0.2, 0.25) is 0 Å². The molecule has 2 aliphatic heterocycles. The van der Waals surface area contributed by atoms with E-state index in [0.717, 1.165) is 81.7 Å². The van der Waals surface area contributed by atoms with Gasteiger partial charge in [-0.05, 0) is 114 Å². The summed E-state index contributed by atoms with van der Waals surface area (Å²) < 4.78 is 23.7. The van der Waals surface area contributed by atoms with Gasteiger partial charge in [0.1, 0.15) is 34.2 Å². The Labute approximate surface area is 259 Å². The van der Waals surface area contributed by atoms with Gasteiger partial charge in [-0.1, -0.05) is 0 Å². The van der Waals surface area contributed by atoms with E-state index < -0.39 is 11.2 Å². The molecule has 0 aliphatic carbocycles. The quantitative estimate of drug-likeness (QED) is 0.293. The summed E-state index contributed by atoms with van der Waals surface area (Å²) in [5, 5.41) is 20.8. The van der Waals surface area contributed by atoms with Crippen molar-refractivity contribution >= 4 is 23.7 Å². The van der Waals surface area contributed by atoms with Crippen LogP contribution in [0.2, 0.25) is 0 Å². The second-order valence-corrected chi connectivity index (χ2v) is 13.6. The van der Waals surface area contributed by atoms with E-state index in [0.29, 0.717) is 24.3 Å². The minimum Gasteiger partial charge on any atom is -0.507 e. The first kappa shape index (κ1) is 32.8. The Hall–Kier alpha value is -3.07. The van der Waals surface area contributed by atoms with Crippen molar-refractivity contribution in [1.29, 1.82) is 0 Å². The average molecular weight is 615 g/mol. The molecule has 2 N–H and O–H groups in total. The number of ether oxygens (including phenoxy) is 4. The molecule has 236 valence electrons. The first-order chi connectivity index (χ1) is 20.2. The van der Waals surface area contributed by atoms with Gasteiger partial charge in [-0.3, -0.25) is 9.59 Å². The van der Waals surface area contributed by atoms with E-state index in [1.165, 1.54) is 11.8 Å². The van der Waals surface area contributed by atoms with Gasteiger partial charge >= 0.3 is 11.9 Å². The van der Waals surface area contributed by atoms with Crippen LogP contribution in [0.5, 0.6) is 23.0 Å². The monoisotopic (exact) mass is 614 g/mol. The molecule has 2 unspecified atom stereocenters. The van der Waals surface area contributed by atoms with Gasteiger partial charge in [0.05, 0.1) is 24.7 Å². The van der Waals surface area contributed by atoms with Crippen LogP contribution in [0.15, 0.2) is 0 Å². The van der Waals surface area contributed by atoms with Crippen molar-refractivity contribution in [3.63, 3.8) is 0 Å². The highest BCUT2D eigenvalue weighted by Gasteiger charge is 2.36. The number of phenols is 2. The summed E-state index contributed by atoms with van der Waals surface area (Å²) in [7, 11) is 0. The van der Waals surface area contributed by atoms with Crippen molar-refractivity contribution in [3.8, 4) is 23.0 Å². The van der Waals surface area contributed by atoms with E-state index in [1.54, 1.807) is 0 Å². The molecule has 0 aromatic heterocycles. The van der Waals surface area contributed by atoms with Gasteiger partial charge in [-0.15, -0.1) is 11.8 Å². The maximum Gasteiger partial charge on any atom is 0.315 e. The van der Waals surface area contributed by atoms with Crippen molar-refractivity contribution in [2.24, 2.45) is 0 Å². The molecule has 2 heterocycles. The van der Waals surface area contributed by atoms with Gasteiger partial charge in [-0.25, -0.2) is 0 Å². The fourth-order valence-corrected chi connectivity index (χ4v) is 6.61. The largest absolute Gasteiger partial charge is 0.507 e. The van der Waals surface area contributed by atoms with Crippen molar-refractivity contribution in [1.82, 2.24) is 0 Å². The van der Waals surface area contributed by atoms with Crippen LogP contribution in [0.4, 0.5) is 0 Å². The molecule has 0 bridgehead atoms. The Kier molecular flexibility index (Phi) is 9.84. The maximum atomic E-state index is 12.3. The van der Waals surface area contributed by atoms with Crippen LogP contribution in [0, 0.1) is 41.5 Å². The lowest BCUT2D eigenvalue weighted by atomic mass is 9.86. The summed E-state index contributed by atoms with van der Waals surface area (Å²) in [6.07, 6.45) is 4.21. The van der Waals surface area contributed by atoms with Gasteiger partial charge in [0, 0.05) is 24.0 Å². The Balaban J connectivity index is 1.15.